The second-order valence-electron chi connectivity index (χ2n) is 4.41. The van der Waals surface area contributed by atoms with E-state index < -0.39 is 0 Å². The highest BCUT2D eigenvalue weighted by Crippen LogP contribution is 2.36. The summed E-state index contributed by atoms with van der Waals surface area (Å²) in [5.41, 5.74) is 1.08. The van der Waals surface area contributed by atoms with Gasteiger partial charge in [0.2, 0.25) is 0 Å². The number of halogens is 1. The first-order valence-electron chi connectivity index (χ1n) is 6.00. The Morgan fingerprint density at radius 3 is 2.63 bits per heavy atom. The number of aliphatic hydroxyl groups excluding tert-OH is 1. The van der Waals surface area contributed by atoms with Crippen LogP contribution in [0.3, 0.4) is 0 Å². The van der Waals surface area contributed by atoms with Crippen LogP contribution in [0.25, 0.3) is 10.9 Å². The first-order valence-corrected chi connectivity index (χ1v) is 6.38. The van der Waals surface area contributed by atoms with Crippen molar-refractivity contribution in [2.45, 2.75) is 26.6 Å². The van der Waals surface area contributed by atoms with Gasteiger partial charge in [-0.2, -0.15) is 0 Å². The Kier molecular flexibility index (Phi) is 4.12. The summed E-state index contributed by atoms with van der Waals surface area (Å²) < 4.78 is 10.9. The third-order valence-corrected chi connectivity index (χ3v) is 3.01. The minimum absolute atomic E-state index is 0.0259. The third kappa shape index (κ3) is 2.74. The number of ether oxygens (including phenoxy) is 2. The Morgan fingerprint density at radius 1 is 1.32 bits per heavy atom. The SMILES string of the molecule is COc1ccc2c(OC(C)C)cc(CO)nc2c1Cl. The largest absolute Gasteiger partial charge is 0.495 e. The molecule has 0 aliphatic rings. The predicted molar refractivity (Wildman–Crippen MR) is 75.0 cm³/mol. The van der Waals surface area contributed by atoms with Gasteiger partial charge in [-0.3, -0.25) is 0 Å². The number of aliphatic hydroxyl groups is 1. The van der Waals surface area contributed by atoms with Crippen LogP contribution in [0, 0.1) is 0 Å². The molecule has 0 aliphatic carbocycles. The van der Waals surface area contributed by atoms with Gasteiger partial charge in [0.05, 0.1) is 31.0 Å². The number of rotatable bonds is 4. The van der Waals surface area contributed by atoms with Gasteiger partial charge in [-0.1, -0.05) is 11.6 Å². The molecule has 0 unspecified atom stereocenters. The molecule has 0 spiro atoms. The fraction of sp³-hybridized carbons (Fsp3) is 0.357. The maximum Gasteiger partial charge on any atom is 0.139 e. The standard InChI is InChI=1S/C14H16ClNO3/c1-8(2)19-12-6-9(7-17)16-14-10(12)4-5-11(18-3)13(14)15/h4-6,8,17H,7H2,1-3H3. The Balaban J connectivity index is 2.70. The average molecular weight is 282 g/mol. The quantitative estimate of drug-likeness (QED) is 0.935. The second-order valence-corrected chi connectivity index (χ2v) is 4.79. The molecule has 0 saturated heterocycles. The highest BCUT2D eigenvalue weighted by Gasteiger charge is 2.14. The van der Waals surface area contributed by atoms with E-state index in [-0.39, 0.29) is 12.7 Å². The maximum atomic E-state index is 9.28. The van der Waals surface area contributed by atoms with Crippen LogP contribution in [0.2, 0.25) is 5.02 Å². The molecule has 0 atom stereocenters. The fourth-order valence-electron chi connectivity index (χ4n) is 1.85. The zero-order chi connectivity index (χ0) is 14.0. The summed E-state index contributed by atoms with van der Waals surface area (Å²) in [5, 5.41) is 10.5. The van der Waals surface area contributed by atoms with E-state index in [9.17, 15) is 5.11 Å². The third-order valence-electron chi connectivity index (χ3n) is 2.64. The van der Waals surface area contributed by atoms with Gasteiger partial charge in [-0.05, 0) is 26.0 Å². The van der Waals surface area contributed by atoms with Gasteiger partial charge in [0.1, 0.15) is 16.5 Å². The smallest absolute Gasteiger partial charge is 0.139 e. The van der Waals surface area contributed by atoms with E-state index in [0.717, 1.165) is 5.39 Å². The summed E-state index contributed by atoms with van der Waals surface area (Å²) in [4.78, 5) is 4.33. The van der Waals surface area contributed by atoms with Crippen LogP contribution in [0.1, 0.15) is 19.5 Å². The Morgan fingerprint density at radius 2 is 2.05 bits per heavy atom. The molecular weight excluding hydrogens is 266 g/mol. The molecule has 0 fully saturated rings. The maximum absolute atomic E-state index is 9.28. The summed E-state index contributed by atoms with van der Waals surface area (Å²) in [6.07, 6.45) is 0.0259. The Labute approximate surface area is 116 Å². The van der Waals surface area contributed by atoms with Gasteiger partial charge in [-0.15, -0.1) is 0 Å². The molecule has 0 amide bonds. The van der Waals surface area contributed by atoms with Gasteiger partial charge < -0.3 is 14.6 Å². The monoisotopic (exact) mass is 281 g/mol. The molecule has 0 saturated carbocycles. The van der Waals surface area contributed by atoms with Crippen molar-refractivity contribution < 1.29 is 14.6 Å². The average Bonchev–Trinajstić information content (AvgIpc) is 2.39. The van der Waals surface area contributed by atoms with Crippen LogP contribution >= 0.6 is 11.6 Å². The van der Waals surface area contributed by atoms with E-state index in [0.29, 0.717) is 27.7 Å². The molecule has 1 N–H and O–H groups in total. The first-order chi connectivity index (χ1) is 9.06. The highest BCUT2D eigenvalue weighted by atomic mass is 35.5. The lowest BCUT2D eigenvalue weighted by Crippen LogP contribution is -2.07. The Bertz CT molecular complexity index is 599. The number of benzene rings is 1. The molecule has 0 aliphatic heterocycles. The summed E-state index contributed by atoms with van der Waals surface area (Å²) >= 11 is 6.25. The minimum atomic E-state index is -0.169. The first kappa shape index (κ1) is 13.9. The number of pyridine rings is 1. The molecule has 0 bridgehead atoms. The number of hydrogen-bond acceptors (Lipinski definition) is 4. The highest BCUT2D eigenvalue weighted by molar-refractivity contribution is 6.36. The van der Waals surface area contributed by atoms with Crippen molar-refractivity contribution in [3.05, 3.63) is 28.9 Å². The molecule has 1 aromatic heterocycles. The van der Waals surface area contributed by atoms with Gasteiger partial charge >= 0.3 is 0 Å². The number of aromatic nitrogens is 1. The van der Waals surface area contributed by atoms with Gasteiger partial charge in [0.15, 0.2) is 0 Å². The van der Waals surface area contributed by atoms with Crippen LogP contribution < -0.4 is 9.47 Å². The lowest BCUT2D eigenvalue weighted by molar-refractivity contribution is 0.242. The Hall–Kier alpha value is -1.52. The number of nitrogens with zero attached hydrogens (tertiary/aromatic N) is 1. The summed E-state index contributed by atoms with van der Waals surface area (Å²) in [6.45, 7) is 3.71. The molecule has 1 aromatic carbocycles. The minimum Gasteiger partial charge on any atom is -0.495 e. The van der Waals surface area contributed by atoms with Crippen molar-refractivity contribution in [3.63, 3.8) is 0 Å². The molecule has 19 heavy (non-hydrogen) atoms. The fourth-order valence-corrected chi connectivity index (χ4v) is 2.13. The van der Waals surface area contributed by atoms with E-state index in [2.05, 4.69) is 4.98 Å². The van der Waals surface area contributed by atoms with Crippen LogP contribution in [-0.4, -0.2) is 23.3 Å². The van der Waals surface area contributed by atoms with Gasteiger partial charge in [-0.25, -0.2) is 4.98 Å². The van der Waals surface area contributed by atoms with E-state index in [1.54, 1.807) is 19.2 Å². The molecule has 1 heterocycles. The second kappa shape index (κ2) is 5.63. The van der Waals surface area contributed by atoms with E-state index in [1.165, 1.54) is 0 Å². The van der Waals surface area contributed by atoms with E-state index in [1.807, 2.05) is 19.9 Å². The number of methoxy groups -OCH3 is 1. The van der Waals surface area contributed by atoms with Gasteiger partial charge in [0, 0.05) is 11.5 Å². The molecule has 2 aromatic rings. The zero-order valence-electron chi connectivity index (χ0n) is 11.1. The zero-order valence-corrected chi connectivity index (χ0v) is 11.9. The van der Waals surface area contributed by atoms with Crippen molar-refractivity contribution >= 4 is 22.5 Å². The predicted octanol–water partition coefficient (Wildman–Crippen LogP) is 3.18. The number of hydrogen-bond donors (Lipinski definition) is 1. The van der Waals surface area contributed by atoms with Crippen LogP contribution in [0.5, 0.6) is 11.5 Å². The van der Waals surface area contributed by atoms with Crippen LogP contribution in [0.4, 0.5) is 0 Å². The van der Waals surface area contributed by atoms with Gasteiger partial charge in [0.25, 0.3) is 0 Å². The molecule has 0 radical (unpaired) electrons. The van der Waals surface area contributed by atoms with Crippen molar-refractivity contribution in [2.75, 3.05) is 7.11 Å². The molecule has 102 valence electrons. The summed E-state index contributed by atoms with van der Waals surface area (Å²) in [6, 6.07) is 5.36. The molecule has 4 nitrogen and oxygen atoms in total. The van der Waals surface area contributed by atoms with Crippen LogP contribution in [-0.2, 0) is 6.61 Å². The molecular formula is C14H16ClNO3. The topological polar surface area (TPSA) is 51.6 Å². The lowest BCUT2D eigenvalue weighted by atomic mass is 10.1. The lowest BCUT2D eigenvalue weighted by Gasteiger charge is -2.15. The molecule has 2 rings (SSSR count). The number of fused-ring (bicyclic) bond motifs is 1. The normalized spacial score (nSPS) is 11.1. The van der Waals surface area contributed by atoms with E-state index >= 15 is 0 Å². The van der Waals surface area contributed by atoms with E-state index in [4.69, 9.17) is 21.1 Å². The van der Waals surface area contributed by atoms with Crippen LogP contribution in [0.15, 0.2) is 18.2 Å². The van der Waals surface area contributed by atoms with Crippen molar-refractivity contribution in [1.82, 2.24) is 4.98 Å². The van der Waals surface area contributed by atoms with Crippen molar-refractivity contribution in [2.24, 2.45) is 0 Å². The summed E-state index contributed by atoms with van der Waals surface area (Å²) in [5.74, 6) is 1.21. The van der Waals surface area contributed by atoms with Crippen molar-refractivity contribution in [3.8, 4) is 11.5 Å². The summed E-state index contributed by atoms with van der Waals surface area (Å²) in [7, 11) is 1.55. The van der Waals surface area contributed by atoms with Crippen molar-refractivity contribution in [1.29, 1.82) is 0 Å². The molecule has 5 heteroatoms.